The molecule has 13 nitrogen and oxygen atoms in total. The highest BCUT2D eigenvalue weighted by Gasteiger charge is 2.48. The first-order valence-electron chi connectivity index (χ1n) is 7.24. The van der Waals surface area contributed by atoms with Crippen molar-refractivity contribution in [3.05, 3.63) is 22.5 Å². The van der Waals surface area contributed by atoms with Crippen LogP contribution in [-0.4, -0.2) is 40.3 Å². The summed E-state index contributed by atoms with van der Waals surface area (Å²) in [6.45, 7) is -0.855. The summed E-state index contributed by atoms with van der Waals surface area (Å²) in [5, 5.41) is -5.94. The van der Waals surface area contributed by atoms with E-state index in [-0.39, 0.29) is 5.75 Å². The average Bonchev–Trinajstić information content (AvgIpc) is 3.03. The van der Waals surface area contributed by atoms with Gasteiger partial charge in [-0.25, -0.2) is 9.18 Å². The minimum absolute atomic E-state index is 0.0115. The van der Waals surface area contributed by atoms with Crippen molar-refractivity contribution in [1.82, 2.24) is 9.55 Å². The van der Waals surface area contributed by atoms with Crippen LogP contribution in [0.1, 0.15) is 6.23 Å². The molecule has 21 heteroatoms. The molecule has 0 aromatic carbocycles. The lowest BCUT2D eigenvalue weighted by molar-refractivity contribution is -0.331. The van der Waals surface area contributed by atoms with E-state index >= 15 is 0 Å². The van der Waals surface area contributed by atoms with Crippen LogP contribution in [0.2, 0.25) is 0 Å². The Morgan fingerprint density at radius 2 is 2.00 bits per heavy atom. The molecular formula is C9H9BF3N3O10P3S-4. The number of nitrogen functional groups attached to an aromatic ring is 1. The van der Waals surface area contributed by atoms with Crippen LogP contribution in [0.3, 0.4) is 0 Å². The van der Waals surface area contributed by atoms with Gasteiger partial charge in [-0.15, -0.1) is 11.8 Å². The number of aromatic nitrogens is 2. The van der Waals surface area contributed by atoms with E-state index in [1.165, 1.54) is 0 Å². The van der Waals surface area contributed by atoms with Crippen molar-refractivity contribution in [3.8, 4) is 0 Å². The number of nitrogens with two attached hydrogens (primary N) is 1. The first-order chi connectivity index (χ1) is 13.5. The van der Waals surface area contributed by atoms with E-state index in [0.717, 1.165) is 16.3 Å². The summed E-state index contributed by atoms with van der Waals surface area (Å²) in [6.07, 6.45) is -0.408. The van der Waals surface area contributed by atoms with Gasteiger partial charge in [0.1, 0.15) is 11.7 Å². The fourth-order valence-electron chi connectivity index (χ4n) is 1.88. The Hall–Kier alpha value is -0.665. The van der Waals surface area contributed by atoms with Gasteiger partial charge < -0.3 is 50.9 Å². The van der Waals surface area contributed by atoms with E-state index in [9.17, 15) is 46.3 Å². The van der Waals surface area contributed by atoms with Gasteiger partial charge in [0.05, 0.1) is 20.3 Å². The largest absolute Gasteiger partial charge is 0.806 e. The highest BCUT2D eigenvalue weighted by atomic mass is 32.2. The lowest BCUT2D eigenvalue weighted by Gasteiger charge is -2.46. The SMILES string of the molecule is [B-]P(=O)(OCC1OC(n2cc(F)c(N)nc2=O)CS1)OP(=O)([O-])C(F)(F)P(=O)([O-])[O-]. The maximum absolute atomic E-state index is 13.5. The van der Waals surface area contributed by atoms with Crippen molar-refractivity contribution < 1.29 is 55.1 Å². The molecule has 1 saturated heterocycles. The summed E-state index contributed by atoms with van der Waals surface area (Å²) in [5.41, 5.74) is 3.04. The van der Waals surface area contributed by atoms with Gasteiger partial charge in [-0.3, -0.25) is 8.88 Å². The summed E-state index contributed by atoms with van der Waals surface area (Å²) in [4.78, 5) is 47.0. The van der Waals surface area contributed by atoms with Gasteiger partial charge in [0.2, 0.25) is 7.60 Å². The van der Waals surface area contributed by atoms with Crippen molar-refractivity contribution in [3.63, 3.8) is 0 Å². The molecule has 30 heavy (non-hydrogen) atoms. The second-order valence-electron chi connectivity index (χ2n) is 5.44. The molecule has 0 amide bonds. The molecule has 0 saturated carbocycles. The fraction of sp³-hybridized carbons (Fsp3) is 0.556. The summed E-state index contributed by atoms with van der Waals surface area (Å²) in [7, 11) is -14.5. The quantitative estimate of drug-likeness (QED) is 0.324. The van der Waals surface area contributed by atoms with Crippen LogP contribution >= 0.6 is 34.4 Å². The zero-order valence-corrected chi connectivity index (χ0v) is 17.7. The van der Waals surface area contributed by atoms with Crippen molar-refractivity contribution in [2.45, 2.75) is 17.1 Å². The molecule has 2 N–H and O–H groups in total. The van der Waals surface area contributed by atoms with Crippen molar-refractivity contribution in [2.75, 3.05) is 18.1 Å². The lowest BCUT2D eigenvalue weighted by atomic mass is 10.5. The molecule has 2 heterocycles. The molecule has 4 unspecified atom stereocenters. The first kappa shape index (κ1) is 25.6. The lowest BCUT2D eigenvalue weighted by Crippen LogP contribution is -2.35. The molecule has 169 valence electrons. The van der Waals surface area contributed by atoms with Crippen molar-refractivity contribution in [1.29, 1.82) is 0 Å². The Labute approximate surface area is 170 Å². The second-order valence-corrected chi connectivity index (χ2v) is 12.1. The number of thioether (sulfide) groups is 1. The van der Waals surface area contributed by atoms with Gasteiger partial charge in [0.15, 0.2) is 11.6 Å². The molecule has 1 aliphatic heterocycles. The van der Waals surface area contributed by atoms with Gasteiger partial charge in [-0.1, -0.05) is 0 Å². The molecule has 1 aromatic heterocycles. The predicted molar refractivity (Wildman–Crippen MR) is 89.8 cm³/mol. The van der Waals surface area contributed by atoms with Crippen molar-refractivity contribution >= 4 is 47.8 Å². The third kappa shape index (κ3) is 5.57. The summed E-state index contributed by atoms with van der Waals surface area (Å²) < 4.78 is 87.1. The van der Waals surface area contributed by atoms with Crippen LogP contribution in [0.5, 0.6) is 0 Å². The highest BCUT2D eigenvalue weighted by Crippen LogP contribution is 2.72. The number of hydrogen-bond donors (Lipinski definition) is 1. The Morgan fingerprint density at radius 1 is 1.40 bits per heavy atom. The van der Waals surface area contributed by atoms with Gasteiger partial charge in [0.25, 0.3) is 0 Å². The third-order valence-electron chi connectivity index (χ3n) is 3.25. The molecule has 0 bridgehead atoms. The van der Waals surface area contributed by atoms with Crippen LogP contribution in [0, 0.1) is 5.82 Å². The summed E-state index contributed by atoms with van der Waals surface area (Å²) in [5.74, 6) is -1.69. The highest BCUT2D eigenvalue weighted by molar-refractivity contribution is 8.00. The minimum Gasteiger partial charge on any atom is -0.806 e. The average molecular weight is 512 g/mol. The number of nitrogens with zero attached hydrogens (tertiary/aromatic N) is 2. The Balaban J connectivity index is 2.02. The smallest absolute Gasteiger partial charge is 0.351 e. The van der Waals surface area contributed by atoms with Gasteiger partial charge >= 0.3 is 11.1 Å². The van der Waals surface area contributed by atoms with E-state index in [1.54, 1.807) is 0 Å². The van der Waals surface area contributed by atoms with E-state index in [2.05, 4.69) is 13.8 Å². The van der Waals surface area contributed by atoms with Crippen molar-refractivity contribution in [2.24, 2.45) is 0 Å². The molecule has 0 spiro atoms. The van der Waals surface area contributed by atoms with Crippen LogP contribution in [0.25, 0.3) is 0 Å². The zero-order valence-electron chi connectivity index (χ0n) is 14.2. The minimum atomic E-state index is -7.04. The van der Waals surface area contributed by atoms with E-state index < -0.39 is 63.7 Å². The normalized spacial score (nSPS) is 24.4. The zero-order chi connectivity index (χ0) is 23.1. The molecule has 2 rings (SSSR count). The van der Waals surface area contributed by atoms with Crippen LogP contribution in [-0.2, 0) is 27.3 Å². The summed E-state index contributed by atoms with van der Waals surface area (Å²) >= 11 is 0.872. The second kappa shape index (κ2) is 8.70. The predicted octanol–water partition coefficient (Wildman–Crippen LogP) is -1.12. The Morgan fingerprint density at radius 3 is 2.57 bits per heavy atom. The Bertz CT molecular complexity index is 1020. The topological polar surface area (TPSA) is 209 Å². The number of anilines is 1. The molecule has 4 atom stereocenters. The third-order valence-corrected chi connectivity index (χ3v) is 9.41. The van der Waals surface area contributed by atoms with Gasteiger partial charge in [0, 0.05) is 13.3 Å². The number of hydrogen-bond acceptors (Lipinski definition) is 13. The molecule has 1 fully saturated rings. The molecular weight excluding hydrogens is 503 g/mol. The van der Waals surface area contributed by atoms with Gasteiger partial charge in [-0.05, 0) is 0 Å². The summed E-state index contributed by atoms with van der Waals surface area (Å²) in [6, 6.07) is 0. The number of rotatable bonds is 8. The van der Waals surface area contributed by atoms with Crippen LogP contribution in [0.4, 0.5) is 19.0 Å². The van der Waals surface area contributed by atoms with E-state index in [0.29, 0.717) is 6.20 Å². The van der Waals surface area contributed by atoms with E-state index in [4.69, 9.17) is 18.0 Å². The number of halogens is 3. The maximum atomic E-state index is 13.5. The molecule has 1 aliphatic rings. The first-order valence-corrected chi connectivity index (χ1v) is 13.0. The molecule has 3 radical (unpaired) electrons. The monoisotopic (exact) mass is 512 g/mol. The van der Waals surface area contributed by atoms with E-state index in [1.807, 2.05) is 0 Å². The Kier molecular flexibility index (Phi) is 7.42. The number of ether oxygens (including phenoxy) is 1. The fourth-order valence-corrected chi connectivity index (χ4v) is 6.62. The number of alkyl halides is 2. The van der Waals surface area contributed by atoms with Crippen LogP contribution < -0.4 is 26.1 Å². The van der Waals surface area contributed by atoms with Gasteiger partial charge in [-0.2, -0.15) is 13.8 Å². The molecule has 1 aromatic rings. The maximum Gasteiger partial charge on any atom is 0.351 e. The van der Waals surface area contributed by atoms with Crippen LogP contribution in [0.15, 0.2) is 11.0 Å². The molecule has 0 aliphatic carbocycles. The standard InChI is InChI=1S/C9H12BF3N3O10P3S/c10-29(23,26-28(21,22)9(12,13)27(18,19)20)24-2-6-25-5(3-30-6)16-1-4(11)7(14)15-8(16)17/h1,5-6H,2-3H2,(H,21,22)(H2,14,15,17)(H2,18,19,20)/q-1/p-3.